The molecule has 4 nitrogen and oxygen atoms in total. The van der Waals surface area contributed by atoms with E-state index in [0.717, 1.165) is 31.5 Å². The number of hydrogen-bond donors (Lipinski definition) is 1. The summed E-state index contributed by atoms with van der Waals surface area (Å²) in [4.78, 5) is 22.5. The summed E-state index contributed by atoms with van der Waals surface area (Å²) in [6, 6.07) is 11.7. The monoisotopic (exact) mass is 285 g/mol. The number of benzene rings is 1. The first-order chi connectivity index (χ1) is 10.1. The van der Waals surface area contributed by atoms with Crippen LogP contribution in [0.2, 0.25) is 0 Å². The molecule has 0 spiro atoms. The molecule has 0 aliphatic rings. The molecule has 2 aromatic rings. The van der Waals surface area contributed by atoms with E-state index in [1.54, 1.807) is 0 Å². The van der Waals surface area contributed by atoms with Crippen molar-refractivity contribution in [3.05, 3.63) is 69.6 Å². The number of pyridine rings is 1. The summed E-state index contributed by atoms with van der Waals surface area (Å²) >= 11 is 0. The lowest BCUT2D eigenvalue weighted by Crippen LogP contribution is -2.19. The van der Waals surface area contributed by atoms with E-state index in [-0.39, 0.29) is 5.56 Å². The van der Waals surface area contributed by atoms with Gasteiger partial charge in [-0.1, -0.05) is 30.3 Å². The quantitative estimate of drug-likeness (QED) is 0.830. The minimum atomic E-state index is -1.17. The Morgan fingerprint density at radius 2 is 1.90 bits per heavy atom. The van der Waals surface area contributed by atoms with Gasteiger partial charge in [-0.05, 0) is 31.7 Å². The van der Waals surface area contributed by atoms with Crippen LogP contribution < -0.4 is 5.43 Å². The van der Waals surface area contributed by atoms with Crippen molar-refractivity contribution in [2.24, 2.45) is 0 Å². The molecule has 0 saturated carbocycles. The van der Waals surface area contributed by atoms with Gasteiger partial charge >= 0.3 is 5.97 Å². The van der Waals surface area contributed by atoms with Gasteiger partial charge in [-0.3, -0.25) is 4.79 Å². The van der Waals surface area contributed by atoms with Gasteiger partial charge in [0, 0.05) is 24.5 Å². The Bertz CT molecular complexity index is 674. The van der Waals surface area contributed by atoms with Crippen LogP contribution in [0.3, 0.4) is 0 Å². The molecule has 2 rings (SSSR count). The second-order valence-electron chi connectivity index (χ2n) is 5.13. The fourth-order valence-corrected chi connectivity index (χ4v) is 2.33. The van der Waals surface area contributed by atoms with E-state index in [1.807, 2.05) is 29.7 Å². The summed E-state index contributed by atoms with van der Waals surface area (Å²) in [5.74, 6) is -1.17. The molecule has 0 amide bonds. The molecule has 0 aliphatic heterocycles. The van der Waals surface area contributed by atoms with Crippen molar-refractivity contribution < 1.29 is 9.90 Å². The SMILES string of the molecule is Cc1cc(=O)c(C(=O)O)cn1CCCCc1ccccc1. The van der Waals surface area contributed by atoms with Crippen LogP contribution in [0.1, 0.15) is 34.5 Å². The van der Waals surface area contributed by atoms with E-state index in [2.05, 4.69) is 12.1 Å². The molecule has 0 radical (unpaired) electrons. The van der Waals surface area contributed by atoms with Crippen LogP contribution in [-0.2, 0) is 13.0 Å². The number of unbranched alkanes of at least 4 members (excludes halogenated alkanes) is 1. The Morgan fingerprint density at radius 1 is 1.19 bits per heavy atom. The fourth-order valence-electron chi connectivity index (χ4n) is 2.33. The molecule has 0 unspecified atom stereocenters. The van der Waals surface area contributed by atoms with Gasteiger partial charge in [-0.2, -0.15) is 0 Å². The maximum atomic E-state index is 11.6. The van der Waals surface area contributed by atoms with Crippen molar-refractivity contribution in [3.63, 3.8) is 0 Å². The van der Waals surface area contributed by atoms with Gasteiger partial charge in [0.05, 0.1) is 0 Å². The van der Waals surface area contributed by atoms with Crippen LogP contribution in [0.4, 0.5) is 0 Å². The number of carboxylic acids is 1. The minimum Gasteiger partial charge on any atom is -0.477 e. The standard InChI is InChI=1S/C17H19NO3/c1-13-11-16(19)15(17(20)21)12-18(13)10-6-5-9-14-7-3-2-4-8-14/h2-4,7-8,11-12H,5-6,9-10H2,1H3,(H,20,21). The predicted molar refractivity (Wildman–Crippen MR) is 81.8 cm³/mol. The van der Waals surface area contributed by atoms with Crippen molar-refractivity contribution in [3.8, 4) is 0 Å². The molecule has 4 heteroatoms. The highest BCUT2D eigenvalue weighted by molar-refractivity contribution is 5.87. The number of rotatable bonds is 6. The van der Waals surface area contributed by atoms with Crippen molar-refractivity contribution >= 4 is 5.97 Å². The fraction of sp³-hybridized carbons (Fsp3) is 0.294. The molecule has 1 heterocycles. The Kier molecular flexibility index (Phi) is 4.93. The van der Waals surface area contributed by atoms with Crippen LogP contribution in [-0.4, -0.2) is 15.6 Å². The van der Waals surface area contributed by atoms with Gasteiger partial charge in [-0.15, -0.1) is 0 Å². The predicted octanol–water partition coefficient (Wildman–Crippen LogP) is 2.88. The Labute approximate surface area is 123 Å². The van der Waals surface area contributed by atoms with Gasteiger partial charge in [0.15, 0.2) is 5.43 Å². The van der Waals surface area contributed by atoms with E-state index in [1.165, 1.54) is 17.8 Å². The summed E-state index contributed by atoms with van der Waals surface area (Å²) in [6.45, 7) is 2.55. The highest BCUT2D eigenvalue weighted by atomic mass is 16.4. The minimum absolute atomic E-state index is 0.163. The van der Waals surface area contributed by atoms with Crippen molar-refractivity contribution in [2.45, 2.75) is 32.7 Å². The molecule has 1 aromatic carbocycles. The maximum Gasteiger partial charge on any atom is 0.341 e. The van der Waals surface area contributed by atoms with Gasteiger partial charge in [-0.25, -0.2) is 4.79 Å². The lowest BCUT2D eigenvalue weighted by Gasteiger charge is -2.11. The Hall–Kier alpha value is -2.36. The molecule has 0 atom stereocenters. The number of nitrogens with zero attached hydrogens (tertiary/aromatic N) is 1. The van der Waals surface area contributed by atoms with E-state index < -0.39 is 11.4 Å². The molecule has 110 valence electrons. The lowest BCUT2D eigenvalue weighted by atomic mass is 10.1. The summed E-state index contributed by atoms with van der Waals surface area (Å²) in [5, 5.41) is 8.99. The summed E-state index contributed by atoms with van der Waals surface area (Å²) < 4.78 is 1.84. The number of aromatic nitrogens is 1. The highest BCUT2D eigenvalue weighted by Crippen LogP contribution is 2.07. The summed E-state index contributed by atoms with van der Waals surface area (Å²) in [6.07, 6.45) is 4.42. The number of carbonyl (C=O) groups is 1. The number of carboxylic acid groups (broad SMARTS) is 1. The summed E-state index contributed by atoms with van der Waals surface area (Å²) in [5.41, 5.74) is 1.51. The van der Waals surface area contributed by atoms with Crippen LogP contribution >= 0.6 is 0 Å². The Balaban J connectivity index is 1.95. The molecular formula is C17H19NO3. The topological polar surface area (TPSA) is 59.3 Å². The van der Waals surface area contributed by atoms with Crippen molar-refractivity contribution in [1.29, 1.82) is 0 Å². The van der Waals surface area contributed by atoms with Gasteiger partial charge in [0.1, 0.15) is 5.56 Å². The third kappa shape index (κ3) is 4.05. The zero-order valence-electron chi connectivity index (χ0n) is 12.1. The normalized spacial score (nSPS) is 10.5. The second kappa shape index (κ2) is 6.88. The zero-order valence-corrected chi connectivity index (χ0v) is 12.1. The summed E-state index contributed by atoms with van der Waals surface area (Å²) in [7, 11) is 0. The van der Waals surface area contributed by atoms with Crippen molar-refractivity contribution in [1.82, 2.24) is 4.57 Å². The molecule has 0 bridgehead atoms. The first-order valence-corrected chi connectivity index (χ1v) is 7.06. The third-order valence-electron chi connectivity index (χ3n) is 3.53. The van der Waals surface area contributed by atoms with Crippen LogP contribution in [0, 0.1) is 6.92 Å². The molecule has 0 fully saturated rings. The van der Waals surface area contributed by atoms with Gasteiger partial charge < -0.3 is 9.67 Å². The van der Waals surface area contributed by atoms with Crippen molar-refractivity contribution in [2.75, 3.05) is 0 Å². The molecule has 0 saturated heterocycles. The Morgan fingerprint density at radius 3 is 2.57 bits per heavy atom. The van der Waals surface area contributed by atoms with Crippen LogP contribution in [0.15, 0.2) is 47.4 Å². The molecule has 1 N–H and O–H groups in total. The van der Waals surface area contributed by atoms with Crippen LogP contribution in [0.5, 0.6) is 0 Å². The lowest BCUT2D eigenvalue weighted by molar-refractivity contribution is 0.0694. The van der Waals surface area contributed by atoms with Crippen LogP contribution in [0.25, 0.3) is 0 Å². The maximum absolute atomic E-state index is 11.6. The number of aryl methyl sites for hydroxylation is 3. The first kappa shape index (κ1) is 15.0. The van der Waals surface area contributed by atoms with E-state index in [0.29, 0.717) is 0 Å². The largest absolute Gasteiger partial charge is 0.477 e. The smallest absolute Gasteiger partial charge is 0.341 e. The molecule has 0 aliphatic carbocycles. The van der Waals surface area contributed by atoms with E-state index in [4.69, 9.17) is 5.11 Å². The number of hydrogen-bond acceptors (Lipinski definition) is 2. The van der Waals surface area contributed by atoms with E-state index in [9.17, 15) is 9.59 Å². The van der Waals surface area contributed by atoms with E-state index >= 15 is 0 Å². The van der Waals surface area contributed by atoms with Gasteiger partial charge in [0.2, 0.25) is 0 Å². The number of aromatic carboxylic acids is 1. The average Bonchev–Trinajstić information content (AvgIpc) is 2.46. The molecule has 21 heavy (non-hydrogen) atoms. The first-order valence-electron chi connectivity index (χ1n) is 7.06. The molecular weight excluding hydrogens is 266 g/mol. The average molecular weight is 285 g/mol. The van der Waals surface area contributed by atoms with Gasteiger partial charge in [0.25, 0.3) is 0 Å². The third-order valence-corrected chi connectivity index (χ3v) is 3.53. The zero-order chi connectivity index (χ0) is 15.2. The molecule has 1 aromatic heterocycles. The highest BCUT2D eigenvalue weighted by Gasteiger charge is 2.10. The second-order valence-corrected chi connectivity index (χ2v) is 5.13.